The molecule has 4 heteroatoms. The van der Waals surface area contributed by atoms with Crippen LogP contribution in [-0.2, 0) is 4.79 Å². The van der Waals surface area contributed by atoms with Gasteiger partial charge in [-0.1, -0.05) is 12.1 Å². The Balaban J connectivity index is 2.20. The van der Waals surface area contributed by atoms with Crippen LogP contribution in [0.2, 0.25) is 0 Å². The molecule has 1 aliphatic heterocycles. The van der Waals surface area contributed by atoms with Gasteiger partial charge in [0.15, 0.2) is 0 Å². The maximum absolute atomic E-state index is 11.7. The van der Waals surface area contributed by atoms with E-state index in [4.69, 9.17) is 0 Å². The third-order valence-corrected chi connectivity index (χ3v) is 2.56. The summed E-state index contributed by atoms with van der Waals surface area (Å²) in [6.07, 6.45) is 0. The minimum absolute atomic E-state index is 0.406. The van der Waals surface area contributed by atoms with Crippen molar-refractivity contribution in [2.45, 2.75) is 6.92 Å². The number of rotatable bonds is 4. The molecule has 1 aliphatic rings. The summed E-state index contributed by atoms with van der Waals surface area (Å²) in [7, 11) is 0. The van der Waals surface area contributed by atoms with Crippen molar-refractivity contribution in [1.29, 1.82) is 0 Å². The van der Waals surface area contributed by atoms with Crippen LogP contribution < -0.4 is 10.2 Å². The second-order valence-electron chi connectivity index (χ2n) is 3.55. The molecular formula is C12H13N2O2. The Labute approximate surface area is 94.2 Å². The number of carbonyl (C=O) groups is 2. The number of nitrogens with zero attached hydrogens (tertiary/aromatic N) is 1. The van der Waals surface area contributed by atoms with E-state index in [-0.39, 0.29) is 0 Å². The lowest BCUT2D eigenvalue weighted by atomic mass is 10.1. The van der Waals surface area contributed by atoms with Crippen molar-refractivity contribution in [2.75, 3.05) is 18.0 Å². The smallest absolute Gasteiger partial charge is 0.299 e. The molecule has 4 nitrogen and oxygen atoms in total. The highest BCUT2D eigenvalue weighted by Crippen LogP contribution is 2.27. The molecule has 1 aromatic rings. The fraction of sp³-hybridized carbons (Fsp3) is 0.250. The van der Waals surface area contributed by atoms with E-state index in [9.17, 15) is 9.59 Å². The van der Waals surface area contributed by atoms with Gasteiger partial charge in [-0.15, -0.1) is 0 Å². The number of para-hydroxylation sites is 1. The molecule has 0 fully saturated rings. The lowest BCUT2D eigenvalue weighted by molar-refractivity contribution is -0.114. The Kier molecular flexibility index (Phi) is 3.01. The Bertz CT molecular complexity index is 429. The first-order chi connectivity index (χ1) is 7.75. The average molecular weight is 217 g/mol. The van der Waals surface area contributed by atoms with Gasteiger partial charge in [-0.25, -0.2) is 0 Å². The van der Waals surface area contributed by atoms with Crippen LogP contribution in [0, 0.1) is 6.54 Å². The fourth-order valence-corrected chi connectivity index (χ4v) is 1.79. The van der Waals surface area contributed by atoms with Gasteiger partial charge in [0.25, 0.3) is 11.7 Å². The molecule has 0 bridgehead atoms. The van der Waals surface area contributed by atoms with E-state index in [1.807, 2.05) is 19.5 Å². The lowest BCUT2D eigenvalue weighted by Crippen LogP contribution is -2.35. The number of hydrogen-bond acceptors (Lipinski definition) is 3. The zero-order valence-corrected chi connectivity index (χ0v) is 9.06. The molecule has 0 saturated carbocycles. The van der Waals surface area contributed by atoms with Crippen molar-refractivity contribution in [3.63, 3.8) is 0 Å². The summed E-state index contributed by atoms with van der Waals surface area (Å²) in [4.78, 5) is 24.8. The zero-order chi connectivity index (χ0) is 11.5. The van der Waals surface area contributed by atoms with Gasteiger partial charge in [0.2, 0.25) is 0 Å². The molecule has 0 aliphatic carbocycles. The molecule has 1 radical (unpaired) electrons. The van der Waals surface area contributed by atoms with Gasteiger partial charge in [0, 0.05) is 19.6 Å². The summed E-state index contributed by atoms with van der Waals surface area (Å²) >= 11 is 0. The van der Waals surface area contributed by atoms with Crippen molar-refractivity contribution in [2.24, 2.45) is 0 Å². The third-order valence-electron chi connectivity index (χ3n) is 2.56. The van der Waals surface area contributed by atoms with Gasteiger partial charge < -0.3 is 10.2 Å². The predicted molar refractivity (Wildman–Crippen MR) is 61.1 cm³/mol. The second-order valence-corrected chi connectivity index (χ2v) is 3.55. The molecule has 1 heterocycles. The number of amides is 1. The van der Waals surface area contributed by atoms with E-state index in [1.165, 1.54) is 4.90 Å². The van der Waals surface area contributed by atoms with Gasteiger partial charge in [0.05, 0.1) is 11.3 Å². The van der Waals surface area contributed by atoms with Crippen LogP contribution in [0.4, 0.5) is 5.69 Å². The summed E-state index contributed by atoms with van der Waals surface area (Å²) in [5, 5.41) is 3.01. The first kappa shape index (κ1) is 10.8. The van der Waals surface area contributed by atoms with Crippen LogP contribution in [0.25, 0.3) is 0 Å². The lowest BCUT2D eigenvalue weighted by Gasteiger charge is -2.16. The van der Waals surface area contributed by atoms with E-state index >= 15 is 0 Å². The largest absolute Gasteiger partial charge is 0.311 e. The fourth-order valence-electron chi connectivity index (χ4n) is 1.79. The number of hydrogen-bond donors (Lipinski definition) is 1. The quantitative estimate of drug-likeness (QED) is 0.604. The monoisotopic (exact) mass is 217 g/mol. The minimum Gasteiger partial charge on any atom is -0.311 e. The minimum atomic E-state index is -0.431. The Morgan fingerprint density at radius 3 is 2.81 bits per heavy atom. The summed E-state index contributed by atoms with van der Waals surface area (Å²) in [5.41, 5.74) is 1.23. The molecule has 1 aromatic carbocycles. The Morgan fingerprint density at radius 1 is 1.31 bits per heavy atom. The van der Waals surface area contributed by atoms with Crippen molar-refractivity contribution < 1.29 is 9.59 Å². The summed E-state index contributed by atoms with van der Waals surface area (Å²) in [6, 6.07) is 7.09. The zero-order valence-electron chi connectivity index (χ0n) is 9.06. The molecule has 0 spiro atoms. The van der Waals surface area contributed by atoms with Crippen LogP contribution in [0.1, 0.15) is 17.3 Å². The van der Waals surface area contributed by atoms with Gasteiger partial charge in [-0.2, -0.15) is 0 Å². The average Bonchev–Trinajstić information content (AvgIpc) is 2.55. The molecule has 2 rings (SSSR count). The summed E-state index contributed by atoms with van der Waals surface area (Å²) in [6.45, 7) is 4.84. The maximum Gasteiger partial charge on any atom is 0.299 e. The van der Waals surface area contributed by atoms with E-state index < -0.39 is 11.7 Å². The molecule has 1 N–H and O–H groups in total. The van der Waals surface area contributed by atoms with E-state index in [2.05, 4.69) is 5.32 Å². The van der Waals surface area contributed by atoms with E-state index in [0.29, 0.717) is 18.7 Å². The predicted octanol–water partition coefficient (Wildman–Crippen LogP) is 0.987. The van der Waals surface area contributed by atoms with Crippen LogP contribution in [0.5, 0.6) is 0 Å². The van der Waals surface area contributed by atoms with Gasteiger partial charge >= 0.3 is 0 Å². The molecule has 0 unspecified atom stereocenters. The van der Waals surface area contributed by atoms with Crippen molar-refractivity contribution in [3.05, 3.63) is 36.4 Å². The maximum atomic E-state index is 11.7. The number of anilines is 1. The number of nitrogens with one attached hydrogen (secondary N) is 1. The molecule has 0 atom stereocenters. The highest BCUT2D eigenvalue weighted by Gasteiger charge is 2.34. The van der Waals surface area contributed by atoms with E-state index in [1.54, 1.807) is 18.2 Å². The molecular weight excluding hydrogens is 204 g/mol. The van der Waals surface area contributed by atoms with Crippen LogP contribution in [0.15, 0.2) is 24.3 Å². The van der Waals surface area contributed by atoms with Crippen LogP contribution >= 0.6 is 0 Å². The number of benzene rings is 1. The molecule has 0 saturated heterocycles. The molecule has 0 aromatic heterocycles. The first-order valence-corrected chi connectivity index (χ1v) is 5.22. The normalized spacial score (nSPS) is 14.4. The number of ketones is 1. The van der Waals surface area contributed by atoms with Crippen molar-refractivity contribution in [1.82, 2.24) is 5.32 Å². The Hall–Kier alpha value is -1.68. The van der Waals surface area contributed by atoms with Gasteiger partial charge in [0.1, 0.15) is 0 Å². The third kappa shape index (κ3) is 1.72. The van der Waals surface area contributed by atoms with Crippen LogP contribution in [0.3, 0.4) is 0 Å². The molecule has 16 heavy (non-hydrogen) atoms. The number of carbonyl (C=O) groups excluding carboxylic acids is 2. The topological polar surface area (TPSA) is 49.4 Å². The molecule has 1 amide bonds. The van der Waals surface area contributed by atoms with Gasteiger partial charge in [-0.05, 0) is 19.1 Å². The molecule has 83 valence electrons. The van der Waals surface area contributed by atoms with E-state index in [0.717, 1.165) is 5.69 Å². The highest BCUT2D eigenvalue weighted by atomic mass is 16.2. The van der Waals surface area contributed by atoms with Gasteiger partial charge in [-0.3, -0.25) is 9.59 Å². The van der Waals surface area contributed by atoms with Crippen molar-refractivity contribution in [3.8, 4) is 0 Å². The first-order valence-electron chi connectivity index (χ1n) is 5.22. The summed E-state index contributed by atoms with van der Waals surface area (Å²) < 4.78 is 0. The Morgan fingerprint density at radius 2 is 2.06 bits per heavy atom. The van der Waals surface area contributed by atoms with Crippen molar-refractivity contribution >= 4 is 17.4 Å². The number of fused-ring (bicyclic) bond motifs is 1. The van der Waals surface area contributed by atoms with Crippen LogP contribution in [-0.4, -0.2) is 24.8 Å². The highest BCUT2D eigenvalue weighted by molar-refractivity contribution is 6.52. The summed E-state index contributed by atoms with van der Waals surface area (Å²) in [5.74, 6) is -0.838. The SMILES string of the molecule is C[CH]NCCN1C(=O)C(=O)c2ccccc21. The standard InChI is InChI=1S/C12H13N2O2/c1-2-13-7-8-14-10-6-4-3-5-9(10)11(15)12(14)16/h2-6,13H,7-8H2,1H3. The second kappa shape index (κ2) is 4.45. The number of Topliss-reactive ketones (excluding diaryl/α,β-unsaturated/α-hetero) is 1.